The first kappa shape index (κ1) is 7.84. The second-order valence-electron chi connectivity index (χ2n) is 2.66. The van der Waals surface area contributed by atoms with E-state index >= 15 is 0 Å². The summed E-state index contributed by atoms with van der Waals surface area (Å²) in [5, 5.41) is 0. The Morgan fingerprint density at radius 2 is 1.80 bits per heavy atom. The van der Waals surface area contributed by atoms with Gasteiger partial charge in [0.1, 0.15) is 0 Å². The third-order valence-electron chi connectivity index (χ3n) is 1.52. The molecule has 10 heavy (non-hydrogen) atoms. The molecule has 0 N–H and O–H groups in total. The van der Waals surface area contributed by atoms with Crippen LogP contribution in [-0.2, 0) is 16.0 Å². The molecule has 1 aromatic rings. The first-order valence-corrected chi connectivity index (χ1v) is 4.00. The van der Waals surface area contributed by atoms with Crippen LogP contribution in [0.25, 0.3) is 0 Å². The topological polar surface area (TPSA) is 0 Å². The van der Waals surface area contributed by atoms with Gasteiger partial charge in [0, 0.05) is 0 Å². The van der Waals surface area contributed by atoms with Crippen molar-refractivity contribution in [3.05, 3.63) is 29.8 Å². The van der Waals surface area contributed by atoms with Gasteiger partial charge < -0.3 is 0 Å². The van der Waals surface area contributed by atoms with E-state index in [0.717, 1.165) is 4.46 Å². The van der Waals surface area contributed by atoms with E-state index in [0.29, 0.717) is 5.92 Å². The van der Waals surface area contributed by atoms with Crippen molar-refractivity contribution in [2.24, 2.45) is 0 Å². The molecule has 0 amide bonds. The van der Waals surface area contributed by atoms with Gasteiger partial charge in [-0.05, 0) is 0 Å². The second kappa shape index (κ2) is 3.23. The maximum atomic E-state index is 3.94. The van der Waals surface area contributed by atoms with E-state index in [2.05, 4.69) is 48.1 Å². The zero-order valence-electron chi connectivity index (χ0n) is 6.24. The molecule has 1 aromatic carbocycles. The summed E-state index contributed by atoms with van der Waals surface area (Å²) in [5.74, 6) is 0.591. The molecule has 0 bridgehead atoms. The van der Waals surface area contributed by atoms with Crippen molar-refractivity contribution in [3.8, 4) is 0 Å². The van der Waals surface area contributed by atoms with Gasteiger partial charge in [-0.25, -0.2) is 0 Å². The number of hydrogen-bond acceptors (Lipinski definition) is 0. The molecule has 55 valence electrons. The van der Waals surface area contributed by atoms with Crippen molar-refractivity contribution >= 4 is 4.46 Å². The van der Waals surface area contributed by atoms with E-state index in [-0.39, 0.29) is 0 Å². The predicted molar refractivity (Wildman–Crippen MR) is 40.2 cm³/mol. The van der Waals surface area contributed by atoms with Crippen molar-refractivity contribution in [1.82, 2.24) is 0 Å². The average Bonchev–Trinajstić information content (AvgIpc) is 1.88. The molecule has 0 nitrogen and oxygen atoms in total. The molecule has 0 unspecified atom stereocenters. The zero-order valence-corrected chi connectivity index (χ0v) is 7.34. The van der Waals surface area contributed by atoms with Gasteiger partial charge in [-0.1, -0.05) is 0 Å². The van der Waals surface area contributed by atoms with Crippen LogP contribution in [0.15, 0.2) is 24.3 Å². The van der Waals surface area contributed by atoms with Crippen molar-refractivity contribution in [3.63, 3.8) is 0 Å². The van der Waals surface area contributed by atoms with E-state index in [9.17, 15) is 0 Å². The van der Waals surface area contributed by atoms with Gasteiger partial charge in [0.2, 0.25) is 0 Å². The molecule has 0 saturated carbocycles. The monoisotopic (exact) mass is 175 g/mol. The fourth-order valence-corrected chi connectivity index (χ4v) is 1.45. The van der Waals surface area contributed by atoms with E-state index in [1.807, 2.05) is 6.07 Å². The third kappa shape index (κ3) is 1.62. The summed E-state index contributed by atoms with van der Waals surface area (Å²) < 4.78 is 1.15. The number of benzene rings is 1. The quantitative estimate of drug-likeness (QED) is 0.572. The van der Waals surface area contributed by atoms with E-state index < -0.39 is 0 Å². The van der Waals surface area contributed by atoms with Crippen LogP contribution in [0.5, 0.6) is 0 Å². The summed E-state index contributed by atoms with van der Waals surface area (Å²) >= 11 is 3.94. The Kier molecular flexibility index (Phi) is 2.53. The summed E-state index contributed by atoms with van der Waals surface area (Å²) in [5.41, 5.74) is 1.35. The van der Waals surface area contributed by atoms with Crippen LogP contribution in [0.2, 0.25) is 0 Å². The molecule has 0 spiro atoms. The van der Waals surface area contributed by atoms with E-state index in [4.69, 9.17) is 0 Å². The SMILES string of the molecule is CC(C)c1cccc[c]1[Fe]. The summed E-state index contributed by atoms with van der Waals surface area (Å²) in [6, 6.07) is 8.26. The van der Waals surface area contributed by atoms with Crippen molar-refractivity contribution in [1.29, 1.82) is 0 Å². The van der Waals surface area contributed by atoms with Gasteiger partial charge in [0.25, 0.3) is 0 Å². The minimum atomic E-state index is 0.591. The van der Waals surface area contributed by atoms with Gasteiger partial charge in [-0.2, -0.15) is 0 Å². The van der Waals surface area contributed by atoms with Crippen molar-refractivity contribution in [2.45, 2.75) is 19.8 Å². The fourth-order valence-electron chi connectivity index (χ4n) is 0.932. The van der Waals surface area contributed by atoms with Gasteiger partial charge in [0.05, 0.1) is 0 Å². The molecule has 0 fully saturated rings. The standard InChI is InChI=1S/C9H11.Fe/c1-8(2)9-6-4-3-5-7-9;/h3-6,8H,1-2H3;. The second-order valence-corrected chi connectivity index (χ2v) is 3.26. The molecule has 0 radical (unpaired) electrons. The van der Waals surface area contributed by atoms with Crippen LogP contribution in [0, 0.1) is 0 Å². The Labute approximate surface area is 70.5 Å². The molecule has 0 heterocycles. The van der Waals surface area contributed by atoms with E-state index in [1.54, 1.807) is 0 Å². The Morgan fingerprint density at radius 3 is 2.20 bits per heavy atom. The maximum absolute atomic E-state index is 3.94. The van der Waals surface area contributed by atoms with Gasteiger partial charge in [-0.3, -0.25) is 0 Å². The van der Waals surface area contributed by atoms with E-state index in [1.165, 1.54) is 5.56 Å². The zero-order chi connectivity index (χ0) is 7.56. The minimum absolute atomic E-state index is 0.591. The molecular formula is C9H11Fe. The Balaban J connectivity index is 3.03. The van der Waals surface area contributed by atoms with Gasteiger partial charge >= 0.3 is 70.1 Å². The molecule has 0 aromatic heterocycles. The van der Waals surface area contributed by atoms with Crippen LogP contribution in [0.1, 0.15) is 25.3 Å². The number of hydrogen-bond donors (Lipinski definition) is 0. The summed E-state index contributed by atoms with van der Waals surface area (Å²) in [6.45, 7) is 4.37. The first-order chi connectivity index (χ1) is 4.72. The first-order valence-electron chi connectivity index (χ1n) is 3.45. The molecule has 0 atom stereocenters. The number of rotatable bonds is 1. The normalized spacial score (nSPS) is 10.4. The van der Waals surface area contributed by atoms with Crippen LogP contribution < -0.4 is 4.46 Å². The third-order valence-corrected chi connectivity index (χ3v) is 2.02. The summed E-state index contributed by atoms with van der Waals surface area (Å²) in [4.78, 5) is 0. The summed E-state index contributed by atoms with van der Waals surface area (Å²) in [7, 11) is 0. The molecule has 0 aliphatic heterocycles. The van der Waals surface area contributed by atoms with Crippen LogP contribution in [-0.4, -0.2) is 0 Å². The summed E-state index contributed by atoms with van der Waals surface area (Å²) in [6.07, 6.45) is 0. The van der Waals surface area contributed by atoms with Crippen LogP contribution in [0.3, 0.4) is 0 Å². The average molecular weight is 175 g/mol. The molecule has 0 aliphatic carbocycles. The fraction of sp³-hybridized carbons (Fsp3) is 0.333. The van der Waals surface area contributed by atoms with Crippen LogP contribution in [0.4, 0.5) is 0 Å². The van der Waals surface area contributed by atoms with Crippen molar-refractivity contribution < 1.29 is 16.0 Å². The molecule has 0 aliphatic rings. The Bertz CT molecular complexity index is 216. The van der Waals surface area contributed by atoms with Gasteiger partial charge in [0.15, 0.2) is 0 Å². The molecular weight excluding hydrogens is 164 g/mol. The molecule has 0 saturated heterocycles. The van der Waals surface area contributed by atoms with Crippen molar-refractivity contribution in [2.75, 3.05) is 0 Å². The predicted octanol–water partition coefficient (Wildman–Crippen LogP) is 1.98. The Hall–Kier alpha value is -0.261. The Morgan fingerprint density at radius 1 is 1.20 bits per heavy atom. The molecule has 1 heteroatoms. The molecule has 1 rings (SSSR count). The van der Waals surface area contributed by atoms with Gasteiger partial charge in [-0.15, -0.1) is 0 Å². The van der Waals surface area contributed by atoms with Crippen LogP contribution >= 0.6 is 0 Å².